The summed E-state index contributed by atoms with van der Waals surface area (Å²) in [7, 11) is 1.67. The van der Waals surface area contributed by atoms with Crippen molar-refractivity contribution < 1.29 is 10.0 Å². The van der Waals surface area contributed by atoms with Gasteiger partial charge in [0.1, 0.15) is 5.69 Å². The largest absolute Gasteiger partial charge is 0.393 e. The van der Waals surface area contributed by atoms with Crippen LogP contribution in [0.4, 0.5) is 11.4 Å². The van der Waals surface area contributed by atoms with Crippen molar-refractivity contribution in [2.24, 2.45) is 0 Å². The van der Waals surface area contributed by atoms with Crippen LogP contribution in [-0.4, -0.2) is 29.7 Å². The predicted octanol–water partition coefficient (Wildman–Crippen LogP) is 3.28. The number of hydrogen-bond donors (Lipinski definition) is 3. The molecule has 2 atom stereocenters. The van der Waals surface area contributed by atoms with Gasteiger partial charge < -0.3 is 15.7 Å². The minimum absolute atomic E-state index is 0.0744. The van der Waals surface area contributed by atoms with Crippen molar-refractivity contribution in [3.8, 4) is 0 Å². The van der Waals surface area contributed by atoms with E-state index in [2.05, 4.69) is 22.8 Å². The third kappa shape index (κ3) is 5.55. The molecule has 0 radical (unpaired) electrons. The molecule has 2 aromatic carbocycles. The van der Waals surface area contributed by atoms with Crippen LogP contribution in [0.1, 0.15) is 30.4 Å². The van der Waals surface area contributed by atoms with Gasteiger partial charge in [-0.05, 0) is 36.5 Å². The first-order valence-corrected chi connectivity index (χ1v) is 8.40. The normalized spacial score (nSPS) is 13.2. The van der Waals surface area contributed by atoms with Gasteiger partial charge in [0.25, 0.3) is 5.69 Å². The van der Waals surface area contributed by atoms with Crippen molar-refractivity contribution in [3.63, 3.8) is 0 Å². The van der Waals surface area contributed by atoms with Crippen molar-refractivity contribution in [1.82, 2.24) is 5.32 Å². The van der Waals surface area contributed by atoms with Crippen molar-refractivity contribution in [3.05, 3.63) is 69.8 Å². The van der Waals surface area contributed by atoms with Gasteiger partial charge in [-0.15, -0.1) is 0 Å². The molecule has 6 heteroatoms. The minimum Gasteiger partial charge on any atom is -0.393 e. The van der Waals surface area contributed by atoms with Gasteiger partial charge >= 0.3 is 0 Å². The molecule has 2 aromatic rings. The summed E-state index contributed by atoms with van der Waals surface area (Å²) < 4.78 is 0. The van der Waals surface area contributed by atoms with Gasteiger partial charge in [0, 0.05) is 26.2 Å². The molecule has 0 aliphatic heterocycles. The maximum Gasteiger partial charge on any atom is 0.292 e. The van der Waals surface area contributed by atoms with Gasteiger partial charge in [-0.2, -0.15) is 0 Å². The average molecular weight is 343 g/mol. The lowest BCUT2D eigenvalue weighted by molar-refractivity contribution is -0.384. The lowest BCUT2D eigenvalue weighted by Crippen LogP contribution is -2.23. The first-order valence-electron chi connectivity index (χ1n) is 8.40. The second kappa shape index (κ2) is 9.15. The van der Waals surface area contributed by atoms with Crippen LogP contribution in [-0.2, 0) is 6.54 Å². The first-order chi connectivity index (χ1) is 12.0. The number of hydrogen-bond acceptors (Lipinski definition) is 5. The standard InChI is InChI=1S/C19H25N3O3/c1-14(23)10-17(16-6-4-3-5-7-16)13-21-12-15-8-9-18(20-2)19(11-15)22(24)25/h3-9,11,14,17,20-21,23H,10,12-13H2,1-2H3. The Labute approximate surface area is 148 Å². The Morgan fingerprint density at radius 3 is 2.52 bits per heavy atom. The van der Waals surface area contributed by atoms with Gasteiger partial charge in [-0.3, -0.25) is 10.1 Å². The fourth-order valence-electron chi connectivity index (χ4n) is 2.91. The molecule has 2 rings (SSSR count). The Balaban J connectivity index is 2.02. The van der Waals surface area contributed by atoms with E-state index in [-0.39, 0.29) is 22.6 Å². The van der Waals surface area contributed by atoms with E-state index in [0.29, 0.717) is 25.2 Å². The van der Waals surface area contributed by atoms with E-state index < -0.39 is 0 Å². The number of nitro groups is 1. The van der Waals surface area contributed by atoms with Gasteiger partial charge in [-0.1, -0.05) is 36.4 Å². The van der Waals surface area contributed by atoms with Crippen molar-refractivity contribution >= 4 is 11.4 Å². The number of nitro benzene ring substituents is 1. The number of aliphatic hydroxyl groups excluding tert-OH is 1. The number of benzene rings is 2. The van der Waals surface area contributed by atoms with Crippen LogP contribution in [0.5, 0.6) is 0 Å². The van der Waals surface area contributed by atoms with Gasteiger partial charge in [0.2, 0.25) is 0 Å². The minimum atomic E-state index is -0.386. The van der Waals surface area contributed by atoms with Crippen LogP contribution in [0.25, 0.3) is 0 Å². The molecule has 134 valence electrons. The van der Waals surface area contributed by atoms with E-state index in [1.165, 1.54) is 5.56 Å². The van der Waals surface area contributed by atoms with E-state index in [1.807, 2.05) is 24.3 Å². The molecule has 0 amide bonds. The highest BCUT2D eigenvalue weighted by molar-refractivity contribution is 5.62. The van der Waals surface area contributed by atoms with Crippen molar-refractivity contribution in [1.29, 1.82) is 0 Å². The van der Waals surface area contributed by atoms with Gasteiger partial charge in [0.15, 0.2) is 0 Å². The average Bonchev–Trinajstić information content (AvgIpc) is 2.61. The molecule has 0 spiro atoms. The number of aliphatic hydroxyl groups is 1. The fraction of sp³-hybridized carbons (Fsp3) is 0.368. The summed E-state index contributed by atoms with van der Waals surface area (Å²) in [6.45, 7) is 3.01. The van der Waals surface area contributed by atoms with Gasteiger partial charge in [0.05, 0.1) is 11.0 Å². The molecule has 6 nitrogen and oxygen atoms in total. The summed E-state index contributed by atoms with van der Waals surface area (Å²) in [5, 5.41) is 27.1. The summed E-state index contributed by atoms with van der Waals surface area (Å²) in [5.74, 6) is 0.188. The number of nitrogens with zero attached hydrogens (tertiary/aromatic N) is 1. The van der Waals surface area contributed by atoms with Crippen LogP contribution in [0, 0.1) is 10.1 Å². The SMILES string of the molecule is CNc1ccc(CNCC(CC(C)O)c2ccccc2)cc1[N+](=O)[O-]. The Hall–Kier alpha value is -2.44. The number of anilines is 1. The molecule has 0 aliphatic rings. The summed E-state index contributed by atoms with van der Waals surface area (Å²) in [6.07, 6.45) is 0.276. The molecule has 0 aliphatic carbocycles. The first kappa shape index (κ1) is 18.9. The Bertz CT molecular complexity index is 690. The maximum absolute atomic E-state index is 11.1. The highest BCUT2D eigenvalue weighted by Gasteiger charge is 2.15. The van der Waals surface area contributed by atoms with E-state index in [0.717, 1.165) is 5.56 Å². The maximum atomic E-state index is 11.1. The molecular formula is C19H25N3O3. The molecule has 2 unspecified atom stereocenters. The zero-order valence-electron chi connectivity index (χ0n) is 14.6. The quantitative estimate of drug-likeness (QED) is 0.480. The Morgan fingerprint density at radius 2 is 1.92 bits per heavy atom. The molecule has 0 aromatic heterocycles. The topological polar surface area (TPSA) is 87.4 Å². The van der Waals surface area contributed by atoms with Crippen molar-refractivity contribution in [2.45, 2.75) is 31.9 Å². The summed E-state index contributed by atoms with van der Waals surface area (Å²) in [5.41, 5.74) is 2.61. The monoisotopic (exact) mass is 343 g/mol. The predicted molar refractivity (Wildman–Crippen MR) is 99.8 cm³/mol. The van der Waals surface area contributed by atoms with Gasteiger partial charge in [-0.25, -0.2) is 0 Å². The van der Waals surface area contributed by atoms with Crippen LogP contribution < -0.4 is 10.6 Å². The van der Waals surface area contributed by atoms with Crippen LogP contribution in [0.15, 0.2) is 48.5 Å². The Kier molecular flexibility index (Phi) is 6.91. The van der Waals surface area contributed by atoms with Crippen LogP contribution in [0.3, 0.4) is 0 Å². The van der Waals surface area contributed by atoms with Crippen molar-refractivity contribution in [2.75, 3.05) is 18.9 Å². The third-order valence-corrected chi connectivity index (χ3v) is 4.14. The molecule has 0 fully saturated rings. The number of rotatable bonds is 9. The van der Waals surface area contributed by atoms with E-state index in [4.69, 9.17) is 0 Å². The van der Waals surface area contributed by atoms with Crippen LogP contribution >= 0.6 is 0 Å². The molecule has 0 bridgehead atoms. The molecule has 3 N–H and O–H groups in total. The van der Waals surface area contributed by atoms with Crippen LogP contribution in [0.2, 0.25) is 0 Å². The second-order valence-corrected chi connectivity index (χ2v) is 6.18. The molecule has 0 saturated carbocycles. The second-order valence-electron chi connectivity index (χ2n) is 6.18. The lowest BCUT2D eigenvalue weighted by atomic mass is 9.93. The smallest absolute Gasteiger partial charge is 0.292 e. The van der Waals surface area contributed by atoms with E-state index >= 15 is 0 Å². The summed E-state index contributed by atoms with van der Waals surface area (Å²) in [4.78, 5) is 10.8. The zero-order valence-corrected chi connectivity index (χ0v) is 14.6. The Morgan fingerprint density at radius 1 is 1.20 bits per heavy atom. The summed E-state index contributed by atoms with van der Waals surface area (Å²) in [6, 6.07) is 15.2. The molecule has 0 saturated heterocycles. The highest BCUT2D eigenvalue weighted by Crippen LogP contribution is 2.25. The molecule has 0 heterocycles. The van der Waals surface area contributed by atoms with E-state index in [1.54, 1.807) is 26.1 Å². The fourth-order valence-corrected chi connectivity index (χ4v) is 2.91. The zero-order chi connectivity index (χ0) is 18.2. The third-order valence-electron chi connectivity index (χ3n) is 4.14. The van der Waals surface area contributed by atoms with E-state index in [9.17, 15) is 15.2 Å². The number of nitrogens with one attached hydrogen (secondary N) is 2. The lowest BCUT2D eigenvalue weighted by Gasteiger charge is -2.20. The highest BCUT2D eigenvalue weighted by atomic mass is 16.6. The summed E-state index contributed by atoms with van der Waals surface area (Å²) >= 11 is 0. The molecule has 25 heavy (non-hydrogen) atoms. The molecular weight excluding hydrogens is 318 g/mol.